The molecule has 0 aliphatic carbocycles. The van der Waals surface area contributed by atoms with Crippen molar-refractivity contribution in [2.24, 2.45) is 20.9 Å². The molecule has 0 saturated heterocycles. The lowest BCUT2D eigenvalue weighted by molar-refractivity contribution is 0.893. The minimum atomic E-state index is 0.391. The van der Waals surface area contributed by atoms with Gasteiger partial charge in [0.2, 0.25) is 0 Å². The fourth-order valence-electron chi connectivity index (χ4n) is 1.36. The van der Waals surface area contributed by atoms with Crippen LogP contribution in [-0.4, -0.2) is 24.3 Å². The summed E-state index contributed by atoms with van der Waals surface area (Å²) < 4.78 is 0. The summed E-state index contributed by atoms with van der Waals surface area (Å²) in [6.45, 7) is 9.01. The van der Waals surface area contributed by atoms with Crippen molar-refractivity contribution in [2.75, 3.05) is 6.54 Å². The van der Waals surface area contributed by atoms with Crippen molar-refractivity contribution in [1.29, 1.82) is 0 Å². The predicted octanol–water partition coefficient (Wildman–Crippen LogP) is 2.49. The van der Waals surface area contributed by atoms with Crippen LogP contribution in [-0.2, 0) is 0 Å². The van der Waals surface area contributed by atoms with Gasteiger partial charge in [0.05, 0.1) is 11.4 Å². The third kappa shape index (κ3) is 2.16. The van der Waals surface area contributed by atoms with E-state index < -0.39 is 0 Å². The van der Waals surface area contributed by atoms with Crippen LogP contribution in [0, 0.1) is 5.92 Å². The van der Waals surface area contributed by atoms with Crippen molar-refractivity contribution in [1.82, 2.24) is 0 Å². The molecule has 0 saturated carbocycles. The second-order valence-electron chi connectivity index (χ2n) is 3.41. The molecule has 0 aromatic carbocycles. The quantitative estimate of drug-likeness (QED) is 0.643. The zero-order chi connectivity index (χ0) is 10.6. The molecule has 3 nitrogen and oxygen atoms in total. The second-order valence-corrected chi connectivity index (χ2v) is 3.41. The van der Waals surface area contributed by atoms with Crippen LogP contribution in [0.4, 0.5) is 0 Å². The first-order valence-electron chi connectivity index (χ1n) is 5.02. The molecule has 1 aliphatic rings. The van der Waals surface area contributed by atoms with Gasteiger partial charge >= 0.3 is 0 Å². The Morgan fingerprint density at radius 3 is 2.71 bits per heavy atom. The summed E-state index contributed by atoms with van der Waals surface area (Å²) in [5.74, 6) is 0.391. The molecule has 0 aromatic rings. The molecule has 0 N–H and O–H groups in total. The molecule has 1 aliphatic heterocycles. The Balaban J connectivity index is 3.10. The first-order valence-corrected chi connectivity index (χ1v) is 5.02. The molecule has 0 radical (unpaired) electrons. The van der Waals surface area contributed by atoms with Crippen LogP contribution in [0.1, 0.15) is 27.7 Å². The van der Waals surface area contributed by atoms with Gasteiger partial charge in [-0.25, -0.2) is 9.98 Å². The first kappa shape index (κ1) is 10.8. The van der Waals surface area contributed by atoms with E-state index in [0.29, 0.717) is 5.92 Å². The largest absolute Gasteiger partial charge is 0.281 e. The highest BCUT2D eigenvalue weighted by molar-refractivity contribution is 6.50. The van der Waals surface area contributed by atoms with E-state index in [1.807, 2.05) is 19.9 Å². The van der Waals surface area contributed by atoms with Gasteiger partial charge in [-0.05, 0) is 19.8 Å². The zero-order valence-electron chi connectivity index (χ0n) is 9.28. The lowest BCUT2D eigenvalue weighted by Crippen LogP contribution is -2.24. The molecule has 0 unspecified atom stereocenters. The van der Waals surface area contributed by atoms with E-state index in [-0.39, 0.29) is 0 Å². The molecule has 0 bridgehead atoms. The fourth-order valence-corrected chi connectivity index (χ4v) is 1.36. The fraction of sp³-hybridized carbons (Fsp3) is 0.545. The lowest BCUT2D eigenvalue weighted by atomic mass is 10.00. The van der Waals surface area contributed by atoms with E-state index >= 15 is 0 Å². The third-order valence-electron chi connectivity index (χ3n) is 2.02. The Bertz CT molecular complexity index is 319. The molecule has 0 atom stereocenters. The highest BCUT2D eigenvalue weighted by Gasteiger charge is 2.18. The molecule has 14 heavy (non-hydrogen) atoms. The van der Waals surface area contributed by atoms with Crippen molar-refractivity contribution in [3.63, 3.8) is 0 Å². The van der Waals surface area contributed by atoms with Gasteiger partial charge in [0.25, 0.3) is 0 Å². The molecular formula is C11H17N3. The van der Waals surface area contributed by atoms with E-state index in [1.54, 1.807) is 6.34 Å². The minimum Gasteiger partial charge on any atom is -0.281 e. The topological polar surface area (TPSA) is 37.1 Å². The minimum absolute atomic E-state index is 0.391. The number of aliphatic imine (C=N–C) groups is 3. The SMILES string of the molecule is C/C=C1/N=CN=C(C(C)C)C1=NCC. The molecule has 0 amide bonds. The monoisotopic (exact) mass is 191 g/mol. The Labute approximate surface area is 85.4 Å². The first-order chi connectivity index (χ1) is 6.70. The number of hydrogen-bond donors (Lipinski definition) is 0. The van der Waals surface area contributed by atoms with Gasteiger partial charge in [-0.2, -0.15) is 0 Å². The number of allylic oxidation sites excluding steroid dienone is 2. The van der Waals surface area contributed by atoms with Crippen LogP contribution >= 0.6 is 0 Å². The second kappa shape index (κ2) is 4.84. The van der Waals surface area contributed by atoms with Gasteiger partial charge in [-0.3, -0.25) is 4.99 Å². The van der Waals surface area contributed by atoms with Crippen LogP contribution in [0.15, 0.2) is 26.8 Å². The Hall–Kier alpha value is -1.25. The van der Waals surface area contributed by atoms with Gasteiger partial charge in [-0.15, -0.1) is 0 Å². The summed E-state index contributed by atoms with van der Waals surface area (Å²) in [6.07, 6.45) is 3.58. The predicted molar refractivity (Wildman–Crippen MR) is 62.5 cm³/mol. The van der Waals surface area contributed by atoms with Crippen molar-refractivity contribution < 1.29 is 0 Å². The zero-order valence-corrected chi connectivity index (χ0v) is 9.28. The summed E-state index contributed by atoms with van der Waals surface area (Å²) in [7, 11) is 0. The van der Waals surface area contributed by atoms with Crippen molar-refractivity contribution in [3.8, 4) is 0 Å². The molecule has 76 valence electrons. The maximum atomic E-state index is 4.44. The average Bonchev–Trinajstić information content (AvgIpc) is 2.18. The van der Waals surface area contributed by atoms with Crippen molar-refractivity contribution in [3.05, 3.63) is 11.8 Å². The third-order valence-corrected chi connectivity index (χ3v) is 2.02. The average molecular weight is 191 g/mol. The summed E-state index contributed by atoms with van der Waals surface area (Å²) in [4.78, 5) is 12.9. The molecule has 0 spiro atoms. The highest BCUT2D eigenvalue weighted by Crippen LogP contribution is 2.12. The molecular weight excluding hydrogens is 174 g/mol. The number of hydrogen-bond acceptors (Lipinski definition) is 3. The Morgan fingerprint density at radius 1 is 1.50 bits per heavy atom. The Kier molecular flexibility index (Phi) is 3.74. The smallest absolute Gasteiger partial charge is 0.116 e. The van der Waals surface area contributed by atoms with Crippen LogP contribution in [0.25, 0.3) is 0 Å². The van der Waals surface area contributed by atoms with E-state index in [1.165, 1.54) is 0 Å². The maximum absolute atomic E-state index is 4.44. The highest BCUT2D eigenvalue weighted by atomic mass is 15.0. The van der Waals surface area contributed by atoms with Gasteiger partial charge in [-0.1, -0.05) is 19.9 Å². The standard InChI is InChI=1S/C11H17N3/c1-5-9-11(12-6-2)10(8(3)4)14-7-13-9/h5,7-8H,6H2,1-4H3/b9-5+,12-11?. The molecule has 0 fully saturated rings. The Morgan fingerprint density at radius 2 is 2.21 bits per heavy atom. The molecule has 1 heterocycles. The lowest BCUT2D eigenvalue weighted by Gasteiger charge is -2.15. The van der Waals surface area contributed by atoms with E-state index in [2.05, 4.69) is 28.8 Å². The van der Waals surface area contributed by atoms with Gasteiger partial charge in [0, 0.05) is 6.54 Å². The molecule has 0 aromatic heterocycles. The van der Waals surface area contributed by atoms with Crippen molar-refractivity contribution in [2.45, 2.75) is 27.7 Å². The van der Waals surface area contributed by atoms with E-state index in [4.69, 9.17) is 0 Å². The van der Waals surface area contributed by atoms with Crippen LogP contribution in [0.5, 0.6) is 0 Å². The molecule has 1 rings (SSSR count). The van der Waals surface area contributed by atoms with Gasteiger partial charge < -0.3 is 0 Å². The van der Waals surface area contributed by atoms with Gasteiger partial charge in [0.1, 0.15) is 12.1 Å². The summed E-state index contributed by atoms with van der Waals surface area (Å²) >= 11 is 0. The van der Waals surface area contributed by atoms with Crippen LogP contribution in [0.2, 0.25) is 0 Å². The van der Waals surface area contributed by atoms with Crippen LogP contribution in [0.3, 0.4) is 0 Å². The van der Waals surface area contributed by atoms with Crippen LogP contribution < -0.4 is 0 Å². The van der Waals surface area contributed by atoms with Crippen molar-refractivity contribution >= 4 is 17.8 Å². The summed E-state index contributed by atoms with van der Waals surface area (Å²) in [6, 6.07) is 0. The van der Waals surface area contributed by atoms with Gasteiger partial charge in [0.15, 0.2) is 0 Å². The van der Waals surface area contributed by atoms with E-state index in [9.17, 15) is 0 Å². The van der Waals surface area contributed by atoms with E-state index in [0.717, 1.165) is 23.7 Å². The summed E-state index contributed by atoms with van der Waals surface area (Å²) in [5.41, 5.74) is 2.92. The number of nitrogens with zero attached hydrogens (tertiary/aromatic N) is 3. The summed E-state index contributed by atoms with van der Waals surface area (Å²) in [5, 5.41) is 0. The normalized spacial score (nSPS) is 22.2. The number of rotatable bonds is 2. The maximum Gasteiger partial charge on any atom is 0.116 e. The molecule has 3 heteroatoms.